The van der Waals surface area contributed by atoms with Gasteiger partial charge in [0.2, 0.25) is 5.95 Å². The predicted octanol–water partition coefficient (Wildman–Crippen LogP) is 4.90. The second kappa shape index (κ2) is 5.52. The highest BCUT2D eigenvalue weighted by Gasteiger charge is 2.11. The molecule has 4 nitrogen and oxygen atoms in total. The first-order valence-corrected chi connectivity index (χ1v) is 7.88. The Morgan fingerprint density at radius 2 is 1.70 bits per heavy atom. The third-order valence-electron chi connectivity index (χ3n) is 3.54. The van der Waals surface area contributed by atoms with E-state index in [1.165, 1.54) is 0 Å². The zero-order valence-corrected chi connectivity index (χ0v) is 13.6. The lowest BCUT2D eigenvalue weighted by Gasteiger charge is -2.05. The Morgan fingerprint density at radius 1 is 0.870 bits per heavy atom. The number of benzene rings is 2. The molecule has 0 aliphatic rings. The molecule has 23 heavy (non-hydrogen) atoms. The Morgan fingerprint density at radius 3 is 2.52 bits per heavy atom. The molecule has 0 saturated carbocycles. The Hall–Kier alpha value is -2.66. The lowest BCUT2D eigenvalue weighted by Crippen LogP contribution is -1.98. The van der Waals surface area contributed by atoms with Gasteiger partial charge in [-0.3, -0.25) is 0 Å². The highest BCUT2D eigenvalue weighted by atomic mass is 79.9. The number of furan rings is 1. The number of halogens is 1. The minimum Gasteiger partial charge on any atom is -0.454 e. The summed E-state index contributed by atoms with van der Waals surface area (Å²) in [5, 5.41) is 1.03. The molecule has 2 N–H and O–H groups in total. The smallest absolute Gasteiger partial charge is 0.221 e. The molecule has 0 atom stereocenters. The fourth-order valence-corrected chi connectivity index (χ4v) is 2.90. The Balaban J connectivity index is 1.86. The summed E-state index contributed by atoms with van der Waals surface area (Å²) in [6.07, 6.45) is 0. The van der Waals surface area contributed by atoms with Gasteiger partial charge in [0.15, 0.2) is 5.76 Å². The summed E-state index contributed by atoms with van der Waals surface area (Å²) in [5.74, 6) is 0.898. The molecule has 0 radical (unpaired) electrons. The molecule has 5 heteroatoms. The largest absolute Gasteiger partial charge is 0.454 e. The lowest BCUT2D eigenvalue weighted by atomic mass is 10.1. The number of hydrogen-bond donors (Lipinski definition) is 1. The van der Waals surface area contributed by atoms with Crippen LogP contribution in [0.5, 0.6) is 0 Å². The van der Waals surface area contributed by atoms with Crippen molar-refractivity contribution < 1.29 is 4.42 Å². The van der Waals surface area contributed by atoms with Crippen molar-refractivity contribution in [3.8, 4) is 22.7 Å². The van der Waals surface area contributed by atoms with Crippen LogP contribution < -0.4 is 5.73 Å². The summed E-state index contributed by atoms with van der Waals surface area (Å²) in [5.41, 5.74) is 9.11. The first-order chi connectivity index (χ1) is 11.2. The number of aromatic nitrogens is 2. The van der Waals surface area contributed by atoms with E-state index in [0.29, 0.717) is 11.5 Å². The van der Waals surface area contributed by atoms with E-state index in [0.717, 1.165) is 26.7 Å². The third kappa shape index (κ3) is 2.71. The zero-order chi connectivity index (χ0) is 15.8. The third-order valence-corrected chi connectivity index (χ3v) is 4.04. The van der Waals surface area contributed by atoms with Crippen LogP contribution in [0.3, 0.4) is 0 Å². The first-order valence-electron chi connectivity index (χ1n) is 7.08. The van der Waals surface area contributed by atoms with Gasteiger partial charge in [0.1, 0.15) is 11.3 Å². The van der Waals surface area contributed by atoms with Gasteiger partial charge < -0.3 is 10.2 Å². The van der Waals surface area contributed by atoms with Crippen LogP contribution in [0.25, 0.3) is 33.7 Å². The molecule has 2 aromatic carbocycles. The molecule has 0 spiro atoms. The van der Waals surface area contributed by atoms with Gasteiger partial charge in [-0.15, -0.1) is 0 Å². The van der Waals surface area contributed by atoms with Gasteiger partial charge in [-0.2, -0.15) is 0 Å². The van der Waals surface area contributed by atoms with E-state index >= 15 is 0 Å². The topological polar surface area (TPSA) is 64.9 Å². The van der Waals surface area contributed by atoms with E-state index in [1.54, 1.807) is 0 Å². The maximum Gasteiger partial charge on any atom is 0.221 e. The molecular weight excluding hydrogens is 354 g/mol. The van der Waals surface area contributed by atoms with E-state index in [-0.39, 0.29) is 5.95 Å². The zero-order valence-electron chi connectivity index (χ0n) is 12.0. The van der Waals surface area contributed by atoms with Crippen LogP contribution in [0.1, 0.15) is 0 Å². The number of anilines is 1. The van der Waals surface area contributed by atoms with Crippen molar-refractivity contribution in [3.63, 3.8) is 0 Å². The molecule has 0 aliphatic carbocycles. The maximum absolute atomic E-state index is 5.89. The molecule has 0 saturated heterocycles. The molecule has 2 heterocycles. The fraction of sp³-hybridized carbons (Fsp3) is 0. The highest BCUT2D eigenvalue weighted by Crippen LogP contribution is 2.30. The first kappa shape index (κ1) is 14.0. The summed E-state index contributed by atoms with van der Waals surface area (Å²) < 4.78 is 6.85. The maximum atomic E-state index is 5.89. The van der Waals surface area contributed by atoms with Crippen LogP contribution in [0.4, 0.5) is 5.95 Å². The molecule has 0 fully saturated rings. The van der Waals surface area contributed by atoms with E-state index in [4.69, 9.17) is 10.2 Å². The molecule has 4 aromatic rings. The number of hydrogen-bond acceptors (Lipinski definition) is 4. The number of nitrogens with zero attached hydrogens (tertiary/aromatic N) is 2. The van der Waals surface area contributed by atoms with Crippen LogP contribution in [-0.2, 0) is 0 Å². The minimum atomic E-state index is 0.220. The molecule has 0 aliphatic heterocycles. The monoisotopic (exact) mass is 365 g/mol. The molecule has 0 amide bonds. The second-order valence-corrected chi connectivity index (χ2v) is 6.07. The Labute approximate surface area is 141 Å². The number of para-hydroxylation sites is 1. The normalized spacial score (nSPS) is 11.0. The predicted molar refractivity (Wildman–Crippen MR) is 94.8 cm³/mol. The van der Waals surface area contributed by atoms with Crippen molar-refractivity contribution in [2.45, 2.75) is 0 Å². The molecular formula is C18H12BrN3O. The quantitative estimate of drug-likeness (QED) is 0.548. The molecule has 112 valence electrons. The van der Waals surface area contributed by atoms with Gasteiger partial charge >= 0.3 is 0 Å². The van der Waals surface area contributed by atoms with Crippen molar-refractivity contribution >= 4 is 32.8 Å². The summed E-state index contributed by atoms with van der Waals surface area (Å²) >= 11 is 3.47. The van der Waals surface area contributed by atoms with E-state index in [9.17, 15) is 0 Å². The number of nitrogen functional groups attached to an aromatic ring is 1. The Kier molecular flexibility index (Phi) is 3.35. The molecule has 0 unspecified atom stereocenters. The van der Waals surface area contributed by atoms with Crippen molar-refractivity contribution in [2.24, 2.45) is 0 Å². The summed E-state index contributed by atoms with van der Waals surface area (Å²) in [6.45, 7) is 0. The van der Waals surface area contributed by atoms with Gasteiger partial charge in [0.05, 0.1) is 5.69 Å². The number of nitrogens with two attached hydrogens (primary N) is 1. The number of rotatable bonds is 2. The van der Waals surface area contributed by atoms with Gasteiger partial charge in [0.25, 0.3) is 0 Å². The van der Waals surface area contributed by atoms with Gasteiger partial charge in [-0.1, -0.05) is 46.3 Å². The van der Waals surface area contributed by atoms with Crippen LogP contribution in [0.15, 0.2) is 69.6 Å². The molecule has 2 aromatic heterocycles. The fourth-order valence-electron chi connectivity index (χ4n) is 2.50. The van der Waals surface area contributed by atoms with E-state index in [1.807, 2.05) is 60.7 Å². The summed E-state index contributed by atoms with van der Waals surface area (Å²) in [7, 11) is 0. The van der Waals surface area contributed by atoms with Crippen molar-refractivity contribution in [1.29, 1.82) is 0 Å². The van der Waals surface area contributed by atoms with E-state index < -0.39 is 0 Å². The van der Waals surface area contributed by atoms with Crippen LogP contribution in [0, 0.1) is 0 Å². The van der Waals surface area contributed by atoms with Crippen LogP contribution in [0.2, 0.25) is 0 Å². The Bertz CT molecular complexity index is 977. The standard InChI is InChI=1S/C18H12BrN3O/c19-13-6-3-5-11(8-13)14-10-15(22-18(20)21-14)17-9-12-4-1-2-7-16(12)23-17/h1-10H,(H2,20,21,22). The van der Waals surface area contributed by atoms with Crippen molar-refractivity contribution in [1.82, 2.24) is 9.97 Å². The van der Waals surface area contributed by atoms with E-state index in [2.05, 4.69) is 25.9 Å². The average molecular weight is 366 g/mol. The highest BCUT2D eigenvalue weighted by molar-refractivity contribution is 9.10. The lowest BCUT2D eigenvalue weighted by molar-refractivity contribution is 0.628. The van der Waals surface area contributed by atoms with Gasteiger partial charge in [-0.05, 0) is 30.3 Å². The van der Waals surface area contributed by atoms with Crippen LogP contribution in [-0.4, -0.2) is 9.97 Å². The summed E-state index contributed by atoms with van der Waals surface area (Å²) in [4.78, 5) is 8.64. The number of fused-ring (bicyclic) bond motifs is 1. The minimum absolute atomic E-state index is 0.220. The van der Waals surface area contributed by atoms with Gasteiger partial charge in [0, 0.05) is 15.4 Å². The SMILES string of the molecule is Nc1nc(-c2cccc(Br)c2)cc(-c2cc3ccccc3o2)n1. The molecule has 0 bridgehead atoms. The van der Waals surface area contributed by atoms with Crippen LogP contribution >= 0.6 is 15.9 Å². The average Bonchev–Trinajstić information content (AvgIpc) is 2.98. The van der Waals surface area contributed by atoms with Gasteiger partial charge in [-0.25, -0.2) is 9.97 Å². The van der Waals surface area contributed by atoms with Crippen molar-refractivity contribution in [3.05, 3.63) is 65.1 Å². The molecule has 4 rings (SSSR count). The second-order valence-electron chi connectivity index (χ2n) is 5.16. The van der Waals surface area contributed by atoms with Crippen molar-refractivity contribution in [2.75, 3.05) is 5.73 Å². The summed E-state index contributed by atoms with van der Waals surface area (Å²) in [6, 6.07) is 19.6.